The lowest BCUT2D eigenvalue weighted by Gasteiger charge is -2.34. The predicted octanol–water partition coefficient (Wildman–Crippen LogP) is 5.86. The minimum absolute atomic E-state index is 0.0620. The minimum atomic E-state index is -4.31. The van der Waals surface area contributed by atoms with E-state index < -0.39 is 28.5 Å². The van der Waals surface area contributed by atoms with Crippen LogP contribution in [-0.4, -0.2) is 64.6 Å². The van der Waals surface area contributed by atoms with Crippen LogP contribution >= 0.6 is 0 Å². The summed E-state index contributed by atoms with van der Waals surface area (Å²) in [5, 5.41) is 3.18. The molecule has 1 fully saturated rings. The normalized spacial score (nSPS) is 14.1. The summed E-state index contributed by atoms with van der Waals surface area (Å²) < 4.78 is 46.1. The SMILES string of the molecule is CCOc1ccc(N(CC(=O)N(Cc2cccc(C)c2)C(CC)C(=O)NC2CCCCC2)S(=O)(=O)c2ccc(OC)c(OC)c2)cc1. The number of hydrogen-bond acceptors (Lipinski definition) is 7. The van der Waals surface area contributed by atoms with Gasteiger partial charge in [-0.25, -0.2) is 8.42 Å². The minimum Gasteiger partial charge on any atom is -0.494 e. The second-order valence-corrected chi connectivity index (χ2v) is 13.6. The van der Waals surface area contributed by atoms with Crippen molar-refractivity contribution in [3.63, 3.8) is 0 Å². The van der Waals surface area contributed by atoms with Crippen molar-refractivity contribution in [3.05, 3.63) is 77.9 Å². The van der Waals surface area contributed by atoms with Crippen molar-refractivity contribution in [2.45, 2.75) is 82.8 Å². The molecule has 0 radical (unpaired) electrons. The average Bonchev–Trinajstić information content (AvgIpc) is 3.07. The van der Waals surface area contributed by atoms with E-state index in [1.54, 1.807) is 24.3 Å². The lowest BCUT2D eigenvalue weighted by molar-refractivity contribution is -0.140. The van der Waals surface area contributed by atoms with Gasteiger partial charge < -0.3 is 24.4 Å². The monoisotopic (exact) mass is 665 g/mol. The number of carbonyl (C=O) groups is 2. The second-order valence-electron chi connectivity index (χ2n) is 11.7. The molecule has 1 saturated carbocycles. The maximum atomic E-state index is 14.5. The molecule has 0 spiro atoms. The standard InChI is InChI=1S/C36H47N3O7S/c1-6-32(36(41)37-28-14-9-8-10-15-28)38(24-27-13-11-12-26(3)22-27)35(40)25-39(29-16-18-30(19-17-29)46-7-2)47(42,43)31-20-21-33(44-4)34(23-31)45-5/h11-13,16-23,28,32H,6-10,14-15,24-25H2,1-5H3,(H,37,41). The first-order valence-corrected chi connectivity index (χ1v) is 17.7. The lowest BCUT2D eigenvalue weighted by Crippen LogP contribution is -2.54. The average molecular weight is 666 g/mol. The maximum absolute atomic E-state index is 14.5. The Morgan fingerprint density at radius 1 is 0.915 bits per heavy atom. The summed E-state index contributed by atoms with van der Waals surface area (Å²) in [6.45, 7) is 5.74. The van der Waals surface area contributed by atoms with E-state index >= 15 is 0 Å². The zero-order valence-electron chi connectivity index (χ0n) is 28.0. The Bertz CT molecular complexity index is 1610. The maximum Gasteiger partial charge on any atom is 0.264 e. The zero-order valence-corrected chi connectivity index (χ0v) is 28.8. The van der Waals surface area contributed by atoms with Gasteiger partial charge in [0.25, 0.3) is 10.0 Å². The van der Waals surface area contributed by atoms with Gasteiger partial charge in [0.2, 0.25) is 11.8 Å². The number of amides is 2. The van der Waals surface area contributed by atoms with E-state index in [1.165, 1.54) is 37.3 Å². The molecule has 1 N–H and O–H groups in total. The van der Waals surface area contributed by atoms with Gasteiger partial charge in [-0.1, -0.05) is 56.0 Å². The van der Waals surface area contributed by atoms with Gasteiger partial charge in [-0.2, -0.15) is 0 Å². The number of ether oxygens (including phenoxy) is 3. The molecular formula is C36H47N3O7S. The number of aryl methyl sites for hydroxylation is 1. The number of anilines is 1. The van der Waals surface area contributed by atoms with Crippen LogP contribution < -0.4 is 23.8 Å². The van der Waals surface area contributed by atoms with Crippen molar-refractivity contribution in [2.24, 2.45) is 0 Å². The number of methoxy groups -OCH3 is 2. The molecule has 254 valence electrons. The molecule has 0 aromatic heterocycles. The number of carbonyl (C=O) groups excluding carboxylic acids is 2. The summed E-state index contributed by atoms with van der Waals surface area (Å²) in [5.74, 6) is 0.440. The molecule has 1 unspecified atom stereocenters. The van der Waals surface area contributed by atoms with Crippen molar-refractivity contribution < 1.29 is 32.2 Å². The van der Waals surface area contributed by atoms with Crippen molar-refractivity contribution >= 4 is 27.5 Å². The van der Waals surface area contributed by atoms with Crippen molar-refractivity contribution in [3.8, 4) is 17.2 Å². The van der Waals surface area contributed by atoms with Crippen LogP contribution in [0, 0.1) is 6.92 Å². The largest absolute Gasteiger partial charge is 0.494 e. The van der Waals surface area contributed by atoms with E-state index in [-0.39, 0.29) is 34.8 Å². The van der Waals surface area contributed by atoms with Crippen molar-refractivity contribution in [2.75, 3.05) is 31.7 Å². The molecule has 1 aliphatic rings. The topological polar surface area (TPSA) is 114 Å². The number of rotatable bonds is 15. The predicted molar refractivity (Wildman–Crippen MR) is 183 cm³/mol. The number of benzene rings is 3. The van der Waals surface area contributed by atoms with Crippen LogP contribution in [0.3, 0.4) is 0 Å². The molecule has 47 heavy (non-hydrogen) atoms. The number of hydrogen-bond donors (Lipinski definition) is 1. The summed E-state index contributed by atoms with van der Waals surface area (Å²) in [5.41, 5.74) is 2.13. The van der Waals surface area contributed by atoms with E-state index in [4.69, 9.17) is 14.2 Å². The van der Waals surface area contributed by atoms with Gasteiger partial charge in [0.15, 0.2) is 11.5 Å². The van der Waals surface area contributed by atoms with E-state index in [2.05, 4.69) is 5.32 Å². The summed E-state index contributed by atoms with van der Waals surface area (Å²) in [6, 6.07) is 17.9. The van der Waals surface area contributed by atoms with Gasteiger partial charge in [-0.05, 0) is 75.1 Å². The van der Waals surface area contributed by atoms with Crippen LogP contribution in [0.5, 0.6) is 17.2 Å². The Morgan fingerprint density at radius 3 is 2.23 bits per heavy atom. The van der Waals surface area contributed by atoms with Crippen LogP contribution in [0.4, 0.5) is 5.69 Å². The first kappa shape index (κ1) is 35.6. The van der Waals surface area contributed by atoms with Crippen LogP contribution in [0.2, 0.25) is 0 Å². The van der Waals surface area contributed by atoms with Gasteiger partial charge in [-0.15, -0.1) is 0 Å². The molecule has 3 aromatic carbocycles. The van der Waals surface area contributed by atoms with Gasteiger partial charge in [0.1, 0.15) is 18.3 Å². The molecule has 0 bridgehead atoms. The Kier molecular flexibility index (Phi) is 12.5. The molecule has 0 aliphatic heterocycles. The molecular weight excluding hydrogens is 618 g/mol. The van der Waals surface area contributed by atoms with E-state index in [9.17, 15) is 18.0 Å². The molecule has 0 saturated heterocycles. The number of sulfonamides is 1. The highest BCUT2D eigenvalue weighted by molar-refractivity contribution is 7.92. The molecule has 11 heteroatoms. The molecule has 1 atom stereocenters. The fourth-order valence-electron chi connectivity index (χ4n) is 5.98. The third-order valence-electron chi connectivity index (χ3n) is 8.43. The third kappa shape index (κ3) is 8.97. The molecule has 1 aliphatic carbocycles. The fourth-order valence-corrected chi connectivity index (χ4v) is 7.41. The molecule has 0 heterocycles. The second kappa shape index (κ2) is 16.5. The van der Waals surface area contributed by atoms with Crippen LogP contribution in [0.15, 0.2) is 71.6 Å². The fraction of sp³-hybridized carbons (Fsp3) is 0.444. The smallest absolute Gasteiger partial charge is 0.264 e. The molecule has 2 amide bonds. The van der Waals surface area contributed by atoms with E-state index in [0.717, 1.165) is 47.5 Å². The summed E-state index contributed by atoms with van der Waals surface area (Å²) in [6.07, 6.45) is 5.43. The lowest BCUT2D eigenvalue weighted by atomic mass is 9.95. The highest BCUT2D eigenvalue weighted by Gasteiger charge is 2.35. The zero-order chi connectivity index (χ0) is 34.0. The van der Waals surface area contributed by atoms with Crippen molar-refractivity contribution in [1.29, 1.82) is 0 Å². The first-order valence-electron chi connectivity index (χ1n) is 16.2. The highest BCUT2D eigenvalue weighted by Crippen LogP contribution is 2.33. The third-order valence-corrected chi connectivity index (χ3v) is 10.2. The van der Waals surface area contributed by atoms with Crippen LogP contribution in [0.1, 0.15) is 63.5 Å². The van der Waals surface area contributed by atoms with Crippen LogP contribution in [-0.2, 0) is 26.2 Å². The van der Waals surface area contributed by atoms with Gasteiger partial charge in [0, 0.05) is 18.7 Å². The summed E-state index contributed by atoms with van der Waals surface area (Å²) in [4.78, 5) is 29.7. The Morgan fingerprint density at radius 2 is 1.62 bits per heavy atom. The van der Waals surface area contributed by atoms with E-state index in [0.29, 0.717) is 24.5 Å². The van der Waals surface area contributed by atoms with E-state index in [1.807, 2.05) is 45.0 Å². The highest BCUT2D eigenvalue weighted by atomic mass is 32.2. The molecule has 10 nitrogen and oxygen atoms in total. The summed E-state index contributed by atoms with van der Waals surface area (Å²) in [7, 11) is -1.42. The van der Waals surface area contributed by atoms with Crippen LogP contribution in [0.25, 0.3) is 0 Å². The van der Waals surface area contributed by atoms with Gasteiger partial charge in [-0.3, -0.25) is 13.9 Å². The molecule has 3 aromatic rings. The number of nitrogens with one attached hydrogen (secondary N) is 1. The Balaban J connectivity index is 1.74. The Hall–Kier alpha value is -4.25. The Labute approximate surface area is 279 Å². The van der Waals surface area contributed by atoms with Gasteiger partial charge >= 0.3 is 0 Å². The molecule has 4 rings (SSSR count). The first-order chi connectivity index (χ1) is 22.6. The number of nitrogens with zero attached hydrogens (tertiary/aromatic N) is 2. The quantitative estimate of drug-likeness (QED) is 0.216. The van der Waals surface area contributed by atoms with Crippen molar-refractivity contribution in [1.82, 2.24) is 10.2 Å². The van der Waals surface area contributed by atoms with Gasteiger partial charge in [0.05, 0.1) is 31.4 Å². The summed E-state index contributed by atoms with van der Waals surface area (Å²) >= 11 is 0.